The molecule has 0 unspecified atom stereocenters. The lowest BCUT2D eigenvalue weighted by molar-refractivity contribution is -0.142. The fraction of sp³-hybridized carbons (Fsp3) is 0.250. The summed E-state index contributed by atoms with van der Waals surface area (Å²) < 4.78 is 15.9. The average Bonchev–Trinajstić information content (AvgIpc) is 3.26. The molecule has 0 saturated carbocycles. The topological polar surface area (TPSA) is 111 Å². The maximum Gasteiger partial charge on any atom is 0.311 e. The summed E-state index contributed by atoms with van der Waals surface area (Å²) in [6.07, 6.45) is 1.72. The van der Waals surface area contributed by atoms with Crippen LogP contribution in [0.5, 0.6) is 11.5 Å². The van der Waals surface area contributed by atoms with Gasteiger partial charge in [-0.3, -0.25) is 15.0 Å². The number of hydrogen-bond donors (Lipinski definition) is 2. The quantitative estimate of drug-likeness (QED) is 0.241. The Balaban J connectivity index is 1.53. The molecule has 0 radical (unpaired) electrons. The van der Waals surface area contributed by atoms with Gasteiger partial charge in [-0.2, -0.15) is 5.10 Å². The minimum Gasteiger partial charge on any atom is -0.493 e. The molecule has 1 heterocycles. The summed E-state index contributed by atoms with van der Waals surface area (Å²) in [5.41, 5.74) is 5.93. The predicted molar refractivity (Wildman–Crippen MR) is 132 cm³/mol. The smallest absolute Gasteiger partial charge is 0.311 e. The van der Waals surface area contributed by atoms with Crippen LogP contribution in [0, 0.1) is 6.92 Å². The Morgan fingerprint density at radius 3 is 2.76 bits per heavy atom. The van der Waals surface area contributed by atoms with E-state index in [-0.39, 0.29) is 24.9 Å². The van der Waals surface area contributed by atoms with Gasteiger partial charge in [-0.25, -0.2) is 4.98 Å². The van der Waals surface area contributed by atoms with Crippen molar-refractivity contribution in [3.8, 4) is 11.5 Å². The molecule has 2 N–H and O–H groups in total. The zero-order valence-electron chi connectivity index (χ0n) is 19.2. The second kappa shape index (κ2) is 12.4. The number of anilines is 2. The standard InChI is InChI=1S/C24H26N4O5S/c1-4-32-23(30)12-18-15-34-24(26-18)28-25-13-17-9-10-20(21(11-17)31-3)33-14-22(29)27-19-8-6-5-7-16(19)2/h5-11,13,15H,4,12,14H2,1-3H3,(H,26,28)(H,27,29). The van der Waals surface area contributed by atoms with Gasteiger partial charge in [-0.05, 0) is 49.2 Å². The Bertz CT molecular complexity index is 1160. The molecule has 34 heavy (non-hydrogen) atoms. The van der Waals surface area contributed by atoms with Crippen molar-refractivity contribution < 1.29 is 23.8 Å². The number of ether oxygens (including phenoxy) is 3. The Labute approximate surface area is 201 Å². The number of rotatable bonds is 11. The zero-order valence-corrected chi connectivity index (χ0v) is 20.0. The van der Waals surface area contributed by atoms with Gasteiger partial charge in [0, 0.05) is 11.1 Å². The number of methoxy groups -OCH3 is 1. The number of amides is 1. The van der Waals surface area contributed by atoms with E-state index in [1.807, 2.05) is 31.2 Å². The van der Waals surface area contributed by atoms with E-state index in [4.69, 9.17) is 14.2 Å². The van der Waals surface area contributed by atoms with Crippen LogP contribution in [0.15, 0.2) is 52.9 Å². The van der Waals surface area contributed by atoms with Crippen molar-refractivity contribution in [2.24, 2.45) is 5.10 Å². The summed E-state index contributed by atoms with van der Waals surface area (Å²) >= 11 is 1.34. The van der Waals surface area contributed by atoms with Crippen LogP contribution in [0.4, 0.5) is 10.8 Å². The second-order valence-corrected chi connectivity index (χ2v) is 7.92. The number of thiazole rings is 1. The summed E-state index contributed by atoms with van der Waals surface area (Å²) in [5, 5.41) is 9.33. The summed E-state index contributed by atoms with van der Waals surface area (Å²) in [4.78, 5) is 28.1. The molecule has 9 nitrogen and oxygen atoms in total. The van der Waals surface area contributed by atoms with Crippen molar-refractivity contribution in [2.45, 2.75) is 20.3 Å². The number of esters is 1. The molecule has 0 saturated heterocycles. The van der Waals surface area contributed by atoms with Gasteiger partial charge < -0.3 is 19.5 Å². The Kier molecular flexibility index (Phi) is 8.98. The summed E-state index contributed by atoms with van der Waals surface area (Å²) in [7, 11) is 1.52. The van der Waals surface area contributed by atoms with Crippen LogP contribution >= 0.6 is 11.3 Å². The van der Waals surface area contributed by atoms with Gasteiger partial charge in [0.25, 0.3) is 5.91 Å². The maximum atomic E-state index is 12.2. The predicted octanol–water partition coefficient (Wildman–Crippen LogP) is 4.03. The van der Waals surface area contributed by atoms with Gasteiger partial charge in [0.15, 0.2) is 18.1 Å². The third kappa shape index (κ3) is 7.31. The molecule has 0 aliphatic carbocycles. The number of nitrogens with zero attached hydrogens (tertiary/aromatic N) is 2. The van der Waals surface area contributed by atoms with Crippen molar-refractivity contribution in [1.82, 2.24) is 4.98 Å². The largest absolute Gasteiger partial charge is 0.493 e. The Hall–Kier alpha value is -3.92. The fourth-order valence-electron chi connectivity index (χ4n) is 2.89. The molecular weight excluding hydrogens is 456 g/mol. The highest BCUT2D eigenvalue weighted by molar-refractivity contribution is 7.13. The van der Waals surface area contributed by atoms with E-state index in [1.165, 1.54) is 18.4 Å². The number of carbonyl (C=O) groups excluding carboxylic acids is 2. The van der Waals surface area contributed by atoms with Crippen molar-refractivity contribution >= 4 is 40.2 Å². The lowest BCUT2D eigenvalue weighted by Crippen LogP contribution is -2.20. The molecule has 3 aromatic rings. The van der Waals surface area contributed by atoms with Crippen molar-refractivity contribution in [2.75, 3.05) is 31.1 Å². The van der Waals surface area contributed by atoms with Crippen molar-refractivity contribution in [3.63, 3.8) is 0 Å². The van der Waals surface area contributed by atoms with E-state index in [0.29, 0.717) is 28.9 Å². The van der Waals surface area contributed by atoms with E-state index >= 15 is 0 Å². The molecule has 10 heteroatoms. The third-order valence-corrected chi connectivity index (χ3v) is 5.32. The molecular formula is C24H26N4O5S. The molecule has 3 rings (SSSR count). The lowest BCUT2D eigenvalue weighted by atomic mass is 10.2. The SMILES string of the molecule is CCOC(=O)Cc1csc(NN=Cc2ccc(OCC(=O)Nc3ccccc3C)c(OC)c2)n1. The van der Waals surface area contributed by atoms with Crippen LogP contribution in [-0.4, -0.2) is 43.4 Å². The van der Waals surface area contributed by atoms with Gasteiger partial charge >= 0.3 is 5.97 Å². The molecule has 0 bridgehead atoms. The van der Waals surface area contributed by atoms with Crippen LogP contribution < -0.4 is 20.2 Å². The highest BCUT2D eigenvalue weighted by atomic mass is 32.1. The summed E-state index contributed by atoms with van der Waals surface area (Å²) in [6, 6.07) is 12.8. The monoisotopic (exact) mass is 482 g/mol. The molecule has 0 aliphatic rings. The first-order valence-corrected chi connectivity index (χ1v) is 11.4. The number of hydrazone groups is 1. The molecule has 0 fully saturated rings. The van der Waals surface area contributed by atoms with Crippen molar-refractivity contribution in [1.29, 1.82) is 0 Å². The van der Waals surface area contributed by atoms with Crippen LogP contribution in [0.2, 0.25) is 0 Å². The summed E-state index contributed by atoms with van der Waals surface area (Å²) in [6.45, 7) is 3.87. The van der Waals surface area contributed by atoms with E-state index < -0.39 is 0 Å². The van der Waals surface area contributed by atoms with Crippen LogP contribution in [0.1, 0.15) is 23.7 Å². The lowest BCUT2D eigenvalue weighted by Gasteiger charge is -2.12. The van der Waals surface area contributed by atoms with Gasteiger partial charge in [0.2, 0.25) is 5.13 Å². The van der Waals surface area contributed by atoms with E-state index in [9.17, 15) is 9.59 Å². The molecule has 0 aliphatic heterocycles. The number of nitrogens with one attached hydrogen (secondary N) is 2. The van der Waals surface area contributed by atoms with Gasteiger partial charge in [0.1, 0.15) is 0 Å². The number of hydrogen-bond acceptors (Lipinski definition) is 9. The van der Waals surface area contributed by atoms with Crippen LogP contribution in [0.3, 0.4) is 0 Å². The van der Waals surface area contributed by atoms with E-state index in [1.54, 1.807) is 36.7 Å². The molecule has 1 aromatic heterocycles. The fourth-order valence-corrected chi connectivity index (χ4v) is 3.55. The number of carbonyl (C=O) groups is 2. The highest BCUT2D eigenvalue weighted by Crippen LogP contribution is 2.27. The van der Waals surface area contributed by atoms with Gasteiger partial charge in [-0.15, -0.1) is 11.3 Å². The van der Waals surface area contributed by atoms with Crippen LogP contribution in [0.25, 0.3) is 0 Å². The number of aromatic nitrogens is 1. The Morgan fingerprint density at radius 1 is 1.18 bits per heavy atom. The number of benzene rings is 2. The van der Waals surface area contributed by atoms with Gasteiger partial charge in [-0.1, -0.05) is 18.2 Å². The average molecular weight is 483 g/mol. The first-order valence-electron chi connectivity index (χ1n) is 10.5. The number of para-hydroxylation sites is 1. The third-order valence-electron chi connectivity index (χ3n) is 4.52. The summed E-state index contributed by atoms with van der Waals surface area (Å²) in [5.74, 6) is 0.330. The molecule has 2 aromatic carbocycles. The molecule has 1 amide bonds. The molecule has 178 valence electrons. The highest BCUT2D eigenvalue weighted by Gasteiger charge is 2.10. The first-order chi connectivity index (χ1) is 16.5. The maximum absolute atomic E-state index is 12.2. The molecule has 0 spiro atoms. The minimum absolute atomic E-state index is 0.122. The normalized spacial score (nSPS) is 10.7. The van der Waals surface area contributed by atoms with Crippen molar-refractivity contribution in [3.05, 3.63) is 64.7 Å². The first kappa shape index (κ1) is 24.7. The van der Waals surface area contributed by atoms with E-state index in [0.717, 1.165) is 16.8 Å². The van der Waals surface area contributed by atoms with E-state index in [2.05, 4.69) is 20.8 Å². The second-order valence-electron chi connectivity index (χ2n) is 7.06. The Morgan fingerprint density at radius 2 is 2.00 bits per heavy atom. The minimum atomic E-state index is -0.315. The van der Waals surface area contributed by atoms with Crippen LogP contribution in [-0.2, 0) is 20.7 Å². The number of aryl methyl sites for hydroxylation is 1. The zero-order chi connectivity index (χ0) is 24.3. The molecule has 0 atom stereocenters. The van der Waals surface area contributed by atoms with Gasteiger partial charge in [0.05, 0.1) is 32.0 Å².